The van der Waals surface area contributed by atoms with Gasteiger partial charge in [-0.15, -0.1) is 11.6 Å². The molecule has 3 rings (SSSR count). The number of hydrogen-bond acceptors (Lipinski definition) is 10. The van der Waals surface area contributed by atoms with Crippen molar-refractivity contribution in [3.63, 3.8) is 0 Å². The molecule has 39 heavy (non-hydrogen) atoms. The summed E-state index contributed by atoms with van der Waals surface area (Å²) in [6.07, 6.45) is 0. The highest BCUT2D eigenvalue weighted by Crippen LogP contribution is 2.30. The Balaban J connectivity index is 0.000000370. The van der Waals surface area contributed by atoms with Crippen molar-refractivity contribution in [2.24, 2.45) is 0 Å². The number of phenolic OH excluding ortho intramolecular Hbond substituents is 2. The highest BCUT2D eigenvalue weighted by atomic mass is 35.5. The van der Waals surface area contributed by atoms with E-state index in [1.807, 2.05) is 0 Å². The second-order valence-corrected chi connectivity index (χ2v) is 13.1. The van der Waals surface area contributed by atoms with Gasteiger partial charge in [0, 0.05) is 17.1 Å². The van der Waals surface area contributed by atoms with Gasteiger partial charge in [-0.05, 0) is 48.0 Å². The van der Waals surface area contributed by atoms with Gasteiger partial charge >= 0.3 is 10.1 Å². The standard InChI is InChI=1S/C16H17ClN2O6S2.C6H6O5S/c17-7-8-26(21,22)10-11-1-3-12(4-2-11)16(20)19-13-5-6-15(14(18)9-13)27(23,24)25;7-4-2-1-3-5(8)6(4)12(9,10)11/h1-6,9H,7-8,10,18H2,(H,19,20)(H,23,24,25);1-3,7-8H,(H,9,10,11). The van der Waals surface area contributed by atoms with E-state index in [4.69, 9.17) is 36.7 Å². The predicted octanol–water partition coefficient (Wildman–Crippen LogP) is 2.27. The van der Waals surface area contributed by atoms with Crippen LogP contribution in [0.2, 0.25) is 0 Å². The number of amides is 1. The molecule has 1 amide bonds. The van der Waals surface area contributed by atoms with Crippen molar-refractivity contribution in [2.75, 3.05) is 22.7 Å². The highest BCUT2D eigenvalue weighted by Gasteiger charge is 2.19. The lowest BCUT2D eigenvalue weighted by molar-refractivity contribution is 0.102. The fraction of sp³-hybridized carbons (Fsp3) is 0.136. The topological polar surface area (TPSA) is 238 Å². The molecule has 0 spiro atoms. The minimum atomic E-state index is -4.56. The lowest BCUT2D eigenvalue weighted by Crippen LogP contribution is -2.13. The first-order valence-electron chi connectivity index (χ1n) is 10.5. The number of halogens is 1. The van der Waals surface area contributed by atoms with Gasteiger partial charge in [0.15, 0.2) is 14.7 Å². The summed E-state index contributed by atoms with van der Waals surface area (Å²) in [4.78, 5) is 10.9. The molecular formula is C22H23ClN2O11S3. The van der Waals surface area contributed by atoms with E-state index in [-0.39, 0.29) is 34.3 Å². The van der Waals surface area contributed by atoms with Crippen LogP contribution in [0.5, 0.6) is 11.5 Å². The lowest BCUT2D eigenvalue weighted by Gasteiger charge is -2.09. The van der Waals surface area contributed by atoms with Crippen LogP contribution in [0.25, 0.3) is 0 Å². The number of benzene rings is 3. The largest absolute Gasteiger partial charge is 0.506 e. The van der Waals surface area contributed by atoms with Crippen LogP contribution in [0.1, 0.15) is 15.9 Å². The molecule has 0 aliphatic rings. The third kappa shape index (κ3) is 9.38. The number of alkyl halides is 1. The Morgan fingerprint density at radius 3 is 1.85 bits per heavy atom. The molecule has 0 aliphatic carbocycles. The molecule has 0 unspecified atom stereocenters. The Hall–Kier alpha value is -3.41. The smallest absolute Gasteiger partial charge is 0.301 e. The maximum atomic E-state index is 12.3. The van der Waals surface area contributed by atoms with E-state index < -0.39 is 57.3 Å². The molecule has 0 aliphatic heterocycles. The monoisotopic (exact) mass is 622 g/mol. The zero-order chi connectivity index (χ0) is 29.6. The third-order valence-corrected chi connectivity index (χ3v) is 8.64. The van der Waals surface area contributed by atoms with Crippen molar-refractivity contribution in [1.82, 2.24) is 0 Å². The molecule has 0 aromatic heterocycles. The van der Waals surface area contributed by atoms with E-state index in [0.29, 0.717) is 5.56 Å². The van der Waals surface area contributed by atoms with Crippen molar-refractivity contribution >= 4 is 59.0 Å². The Morgan fingerprint density at radius 1 is 0.846 bits per heavy atom. The van der Waals surface area contributed by atoms with Crippen molar-refractivity contribution < 1.29 is 49.4 Å². The van der Waals surface area contributed by atoms with E-state index in [1.165, 1.54) is 42.5 Å². The zero-order valence-electron chi connectivity index (χ0n) is 19.7. The Labute approximate surface area is 229 Å². The first-order chi connectivity index (χ1) is 17.9. The summed E-state index contributed by atoms with van der Waals surface area (Å²) in [6, 6.07) is 12.9. The second kappa shape index (κ2) is 12.6. The number of hydrogen-bond donors (Lipinski definition) is 6. The minimum Gasteiger partial charge on any atom is -0.506 e. The van der Waals surface area contributed by atoms with Gasteiger partial charge in [-0.1, -0.05) is 18.2 Å². The number of anilines is 2. The molecule has 0 saturated carbocycles. The fourth-order valence-electron chi connectivity index (χ4n) is 3.04. The first kappa shape index (κ1) is 31.8. The summed E-state index contributed by atoms with van der Waals surface area (Å²) in [5.41, 5.74) is 6.39. The molecule has 212 valence electrons. The molecule has 3 aromatic rings. The van der Waals surface area contributed by atoms with Crippen LogP contribution in [0.3, 0.4) is 0 Å². The van der Waals surface area contributed by atoms with Crippen LogP contribution < -0.4 is 11.1 Å². The van der Waals surface area contributed by atoms with Crippen molar-refractivity contribution in [2.45, 2.75) is 15.5 Å². The summed E-state index contributed by atoms with van der Waals surface area (Å²) < 4.78 is 84.3. The number of rotatable bonds is 8. The van der Waals surface area contributed by atoms with Gasteiger partial charge in [0.05, 0.1) is 17.2 Å². The normalized spacial score (nSPS) is 11.8. The van der Waals surface area contributed by atoms with E-state index in [1.54, 1.807) is 0 Å². The average molecular weight is 623 g/mol. The van der Waals surface area contributed by atoms with Crippen LogP contribution in [0.15, 0.2) is 70.5 Å². The number of sulfone groups is 1. The maximum Gasteiger partial charge on any atom is 0.301 e. The molecule has 3 aromatic carbocycles. The van der Waals surface area contributed by atoms with Gasteiger partial charge < -0.3 is 21.3 Å². The number of aromatic hydroxyl groups is 2. The van der Waals surface area contributed by atoms with Gasteiger partial charge in [0.25, 0.3) is 16.0 Å². The SMILES string of the molecule is Nc1cc(NC(=O)c2ccc(CS(=O)(=O)CCCl)cc2)ccc1S(=O)(=O)O.O=S(=O)(O)c1c(O)cccc1O. The van der Waals surface area contributed by atoms with Crippen LogP contribution in [-0.2, 0) is 35.8 Å². The quantitative estimate of drug-likeness (QED) is 0.120. The number of phenols is 2. The van der Waals surface area contributed by atoms with Crippen LogP contribution >= 0.6 is 11.6 Å². The average Bonchev–Trinajstić information content (AvgIpc) is 2.78. The summed E-state index contributed by atoms with van der Waals surface area (Å²) in [5, 5.41) is 20.4. The van der Waals surface area contributed by atoms with E-state index in [2.05, 4.69) is 5.32 Å². The highest BCUT2D eigenvalue weighted by molar-refractivity contribution is 7.90. The van der Waals surface area contributed by atoms with Crippen molar-refractivity contribution in [1.29, 1.82) is 0 Å². The van der Waals surface area contributed by atoms with Gasteiger partial charge in [-0.3, -0.25) is 13.9 Å². The molecule has 13 nitrogen and oxygen atoms in total. The summed E-state index contributed by atoms with van der Waals surface area (Å²) in [5.74, 6) is -2.14. The van der Waals surface area contributed by atoms with Crippen LogP contribution in [0.4, 0.5) is 11.4 Å². The molecule has 17 heteroatoms. The number of nitrogens with two attached hydrogens (primary N) is 1. The Bertz CT molecular complexity index is 1650. The summed E-state index contributed by atoms with van der Waals surface area (Å²) in [7, 11) is -12.3. The summed E-state index contributed by atoms with van der Waals surface area (Å²) in [6.45, 7) is 0. The number of nitrogen functional groups attached to an aromatic ring is 1. The molecule has 0 bridgehead atoms. The molecule has 0 atom stereocenters. The molecule has 0 saturated heterocycles. The fourth-order valence-corrected chi connectivity index (χ4v) is 6.08. The second-order valence-electron chi connectivity index (χ2n) is 7.76. The molecule has 0 radical (unpaired) electrons. The third-order valence-electron chi connectivity index (χ3n) is 4.77. The molecule has 0 heterocycles. The van der Waals surface area contributed by atoms with Crippen LogP contribution in [0, 0.1) is 0 Å². The minimum absolute atomic E-state index is 0.0162. The van der Waals surface area contributed by atoms with E-state index in [0.717, 1.165) is 18.2 Å². The molecule has 7 N–H and O–H groups in total. The Morgan fingerprint density at radius 2 is 1.41 bits per heavy atom. The van der Waals surface area contributed by atoms with E-state index >= 15 is 0 Å². The summed E-state index contributed by atoms with van der Waals surface area (Å²) >= 11 is 5.45. The lowest BCUT2D eigenvalue weighted by atomic mass is 10.1. The van der Waals surface area contributed by atoms with Gasteiger partial charge in [0.1, 0.15) is 16.4 Å². The Kier molecular flexibility index (Phi) is 10.3. The number of carbonyl (C=O) groups is 1. The van der Waals surface area contributed by atoms with Gasteiger partial charge in [-0.25, -0.2) is 8.42 Å². The predicted molar refractivity (Wildman–Crippen MR) is 143 cm³/mol. The van der Waals surface area contributed by atoms with Crippen LogP contribution in [-0.4, -0.2) is 62.1 Å². The van der Waals surface area contributed by atoms with Gasteiger partial charge in [0.2, 0.25) is 0 Å². The van der Waals surface area contributed by atoms with Crippen molar-refractivity contribution in [3.05, 3.63) is 71.8 Å². The first-order valence-corrected chi connectivity index (χ1v) is 15.7. The number of carbonyl (C=O) groups excluding carboxylic acids is 1. The molecule has 0 fully saturated rings. The van der Waals surface area contributed by atoms with Crippen molar-refractivity contribution in [3.8, 4) is 11.5 Å². The zero-order valence-corrected chi connectivity index (χ0v) is 22.9. The van der Waals surface area contributed by atoms with E-state index in [9.17, 15) is 30.0 Å². The van der Waals surface area contributed by atoms with Gasteiger partial charge in [-0.2, -0.15) is 16.8 Å². The number of nitrogens with one attached hydrogen (secondary N) is 1. The maximum absolute atomic E-state index is 12.3. The molecular weight excluding hydrogens is 600 g/mol.